The van der Waals surface area contributed by atoms with Crippen molar-refractivity contribution in [3.8, 4) is 16.9 Å². The minimum atomic E-state index is 0.583. The van der Waals surface area contributed by atoms with E-state index in [0.29, 0.717) is 5.92 Å². The summed E-state index contributed by atoms with van der Waals surface area (Å²) in [6.07, 6.45) is 3.33. The fraction of sp³-hybridized carbons (Fsp3) is 0.435. The van der Waals surface area contributed by atoms with Gasteiger partial charge in [-0.15, -0.1) is 0 Å². The van der Waals surface area contributed by atoms with E-state index in [9.17, 15) is 0 Å². The molecule has 148 valence electrons. The lowest BCUT2D eigenvalue weighted by Gasteiger charge is -2.18. The van der Waals surface area contributed by atoms with Crippen LogP contribution < -0.4 is 15.4 Å². The molecule has 2 aromatic carbocycles. The van der Waals surface area contributed by atoms with Crippen LogP contribution in [0.25, 0.3) is 11.1 Å². The molecule has 1 saturated heterocycles. The zero-order valence-corrected chi connectivity index (χ0v) is 16.5. The molecule has 1 fully saturated rings. The molecule has 5 nitrogen and oxygen atoms in total. The van der Waals surface area contributed by atoms with Gasteiger partial charge < -0.3 is 20.1 Å². The van der Waals surface area contributed by atoms with Crippen molar-refractivity contribution in [1.82, 2.24) is 10.6 Å². The van der Waals surface area contributed by atoms with Gasteiger partial charge in [0.25, 0.3) is 0 Å². The maximum Gasteiger partial charge on any atom is 0.191 e. The lowest BCUT2D eigenvalue weighted by molar-refractivity contribution is 0.186. The van der Waals surface area contributed by atoms with Gasteiger partial charge in [-0.3, -0.25) is 4.99 Å². The summed E-state index contributed by atoms with van der Waals surface area (Å²) in [6.45, 7) is 4.21. The first-order valence-corrected chi connectivity index (χ1v) is 10.2. The van der Waals surface area contributed by atoms with Gasteiger partial charge in [0.05, 0.1) is 13.2 Å². The SMILES string of the molecule is CN=C(NCc1ccc(-c2ccc3c(c2)CCCO3)cc1)NCC1CCOC1. The molecule has 0 bridgehead atoms. The number of ether oxygens (including phenoxy) is 2. The number of aliphatic imine (C=N–C) groups is 1. The van der Waals surface area contributed by atoms with Gasteiger partial charge in [-0.25, -0.2) is 0 Å². The van der Waals surface area contributed by atoms with E-state index in [1.165, 1.54) is 22.3 Å². The van der Waals surface area contributed by atoms with Crippen molar-refractivity contribution < 1.29 is 9.47 Å². The standard InChI is InChI=1S/C23H29N3O2/c1-24-23(26-15-18-10-12-27-16-18)25-14-17-4-6-19(7-5-17)20-8-9-22-21(13-20)3-2-11-28-22/h4-9,13,18H,2-3,10-12,14-16H2,1H3,(H2,24,25,26). The Hall–Kier alpha value is -2.53. The normalized spacial score (nSPS) is 19.0. The number of rotatable bonds is 5. The average Bonchev–Trinajstić information content (AvgIpc) is 3.27. The summed E-state index contributed by atoms with van der Waals surface area (Å²) in [5, 5.41) is 6.79. The third-order valence-electron chi connectivity index (χ3n) is 5.46. The van der Waals surface area contributed by atoms with Crippen molar-refractivity contribution in [2.45, 2.75) is 25.8 Å². The highest BCUT2D eigenvalue weighted by Crippen LogP contribution is 2.30. The van der Waals surface area contributed by atoms with Crippen LogP contribution in [0.4, 0.5) is 0 Å². The molecule has 2 N–H and O–H groups in total. The Kier molecular flexibility index (Phi) is 6.12. The fourth-order valence-corrected chi connectivity index (χ4v) is 3.75. The zero-order valence-electron chi connectivity index (χ0n) is 16.5. The number of hydrogen-bond donors (Lipinski definition) is 2. The Morgan fingerprint density at radius 3 is 2.71 bits per heavy atom. The van der Waals surface area contributed by atoms with E-state index >= 15 is 0 Å². The van der Waals surface area contributed by atoms with Crippen LogP contribution >= 0.6 is 0 Å². The largest absolute Gasteiger partial charge is 0.493 e. The molecule has 1 atom stereocenters. The number of nitrogens with one attached hydrogen (secondary N) is 2. The minimum Gasteiger partial charge on any atom is -0.493 e. The Balaban J connectivity index is 1.32. The van der Waals surface area contributed by atoms with E-state index in [-0.39, 0.29) is 0 Å². The number of nitrogens with zero attached hydrogens (tertiary/aromatic N) is 1. The molecule has 2 heterocycles. The second-order valence-corrected chi connectivity index (χ2v) is 7.51. The molecule has 4 rings (SSSR count). The second-order valence-electron chi connectivity index (χ2n) is 7.51. The molecule has 0 aromatic heterocycles. The van der Waals surface area contributed by atoms with E-state index < -0.39 is 0 Å². The molecule has 0 radical (unpaired) electrons. The molecule has 2 aromatic rings. The van der Waals surface area contributed by atoms with Crippen LogP contribution in [-0.2, 0) is 17.7 Å². The maximum absolute atomic E-state index is 5.72. The van der Waals surface area contributed by atoms with E-state index in [0.717, 1.165) is 63.9 Å². The Morgan fingerprint density at radius 2 is 1.93 bits per heavy atom. The molecule has 1 unspecified atom stereocenters. The van der Waals surface area contributed by atoms with E-state index in [1.807, 2.05) is 7.05 Å². The average molecular weight is 380 g/mol. The smallest absolute Gasteiger partial charge is 0.191 e. The monoisotopic (exact) mass is 379 g/mol. The van der Waals surface area contributed by atoms with Crippen LogP contribution in [0.1, 0.15) is 24.0 Å². The predicted molar refractivity (Wildman–Crippen MR) is 113 cm³/mol. The molecule has 0 saturated carbocycles. The number of hydrogen-bond acceptors (Lipinski definition) is 3. The van der Waals surface area contributed by atoms with Crippen LogP contribution in [-0.4, -0.2) is 39.4 Å². The van der Waals surface area contributed by atoms with Gasteiger partial charge in [-0.05, 0) is 53.6 Å². The highest BCUT2D eigenvalue weighted by Gasteiger charge is 2.15. The van der Waals surface area contributed by atoms with Gasteiger partial charge in [-0.1, -0.05) is 30.3 Å². The number of benzene rings is 2. The first kappa shape index (κ1) is 18.8. The number of aryl methyl sites for hydroxylation is 1. The van der Waals surface area contributed by atoms with Gasteiger partial charge in [0.1, 0.15) is 5.75 Å². The van der Waals surface area contributed by atoms with Gasteiger partial charge in [0, 0.05) is 32.7 Å². The summed E-state index contributed by atoms with van der Waals surface area (Å²) < 4.78 is 11.1. The van der Waals surface area contributed by atoms with Gasteiger partial charge >= 0.3 is 0 Å². The molecule has 2 aliphatic heterocycles. The van der Waals surface area contributed by atoms with Crippen LogP contribution in [0.5, 0.6) is 5.75 Å². The molecule has 0 spiro atoms. The molecular weight excluding hydrogens is 350 g/mol. The van der Waals surface area contributed by atoms with Crippen LogP contribution in [0.2, 0.25) is 0 Å². The second kappa shape index (κ2) is 9.11. The van der Waals surface area contributed by atoms with Crippen molar-refractivity contribution in [3.63, 3.8) is 0 Å². The highest BCUT2D eigenvalue weighted by atomic mass is 16.5. The molecule has 2 aliphatic rings. The van der Waals surface area contributed by atoms with Crippen molar-refractivity contribution in [3.05, 3.63) is 53.6 Å². The fourth-order valence-electron chi connectivity index (χ4n) is 3.75. The summed E-state index contributed by atoms with van der Waals surface area (Å²) in [4.78, 5) is 4.31. The van der Waals surface area contributed by atoms with E-state index in [2.05, 4.69) is 58.1 Å². The third kappa shape index (κ3) is 4.65. The van der Waals surface area contributed by atoms with Gasteiger partial charge in [-0.2, -0.15) is 0 Å². The summed E-state index contributed by atoms with van der Waals surface area (Å²) >= 11 is 0. The van der Waals surface area contributed by atoms with Crippen molar-refractivity contribution in [2.24, 2.45) is 10.9 Å². The Bertz CT molecular complexity index is 811. The molecule has 0 amide bonds. The molecular formula is C23H29N3O2. The summed E-state index contributed by atoms with van der Waals surface area (Å²) in [6, 6.07) is 15.2. The lowest BCUT2D eigenvalue weighted by Crippen LogP contribution is -2.39. The molecule has 0 aliphatic carbocycles. The van der Waals surface area contributed by atoms with Crippen LogP contribution in [0, 0.1) is 5.92 Å². The van der Waals surface area contributed by atoms with E-state index in [4.69, 9.17) is 9.47 Å². The van der Waals surface area contributed by atoms with Crippen LogP contribution in [0.3, 0.4) is 0 Å². The quantitative estimate of drug-likeness (QED) is 0.618. The number of guanidine groups is 1. The van der Waals surface area contributed by atoms with Crippen molar-refractivity contribution in [1.29, 1.82) is 0 Å². The van der Waals surface area contributed by atoms with Crippen molar-refractivity contribution >= 4 is 5.96 Å². The minimum absolute atomic E-state index is 0.583. The molecule has 28 heavy (non-hydrogen) atoms. The predicted octanol–water partition coefficient (Wildman–Crippen LogP) is 3.38. The Morgan fingerprint density at radius 1 is 1.07 bits per heavy atom. The third-order valence-corrected chi connectivity index (χ3v) is 5.46. The van der Waals surface area contributed by atoms with E-state index in [1.54, 1.807) is 0 Å². The van der Waals surface area contributed by atoms with Gasteiger partial charge in [0.15, 0.2) is 5.96 Å². The summed E-state index contributed by atoms with van der Waals surface area (Å²) in [5.74, 6) is 2.46. The first-order chi connectivity index (χ1) is 13.8. The summed E-state index contributed by atoms with van der Waals surface area (Å²) in [7, 11) is 1.81. The maximum atomic E-state index is 5.72. The summed E-state index contributed by atoms with van der Waals surface area (Å²) in [5.41, 5.74) is 5.04. The van der Waals surface area contributed by atoms with Crippen molar-refractivity contribution in [2.75, 3.05) is 33.4 Å². The Labute approximate surface area is 167 Å². The first-order valence-electron chi connectivity index (χ1n) is 10.2. The van der Waals surface area contributed by atoms with Crippen LogP contribution in [0.15, 0.2) is 47.5 Å². The number of fused-ring (bicyclic) bond motifs is 1. The highest BCUT2D eigenvalue weighted by molar-refractivity contribution is 5.79. The molecule has 5 heteroatoms. The topological polar surface area (TPSA) is 54.9 Å². The van der Waals surface area contributed by atoms with Gasteiger partial charge in [0.2, 0.25) is 0 Å². The lowest BCUT2D eigenvalue weighted by atomic mass is 9.98. The zero-order chi connectivity index (χ0) is 19.2.